The molecule has 0 radical (unpaired) electrons. The molecule has 3 amide bonds. The monoisotopic (exact) mass is 333 g/mol. The maximum absolute atomic E-state index is 12.1. The van der Waals surface area contributed by atoms with Gasteiger partial charge < -0.3 is 20.7 Å². The Hall–Kier alpha value is -2.24. The van der Waals surface area contributed by atoms with E-state index < -0.39 is 6.04 Å². The van der Waals surface area contributed by atoms with E-state index in [-0.39, 0.29) is 29.4 Å². The highest BCUT2D eigenvalue weighted by molar-refractivity contribution is 5.87. The van der Waals surface area contributed by atoms with Crippen LogP contribution in [-0.4, -0.2) is 36.7 Å². The maximum Gasteiger partial charge on any atom is 0.315 e. The fourth-order valence-electron chi connectivity index (χ4n) is 2.62. The van der Waals surface area contributed by atoms with Crippen LogP contribution in [0.3, 0.4) is 0 Å². The average Bonchev–Trinajstić information content (AvgIpc) is 3.24. The summed E-state index contributed by atoms with van der Waals surface area (Å²) < 4.78 is 5.36. The molecule has 24 heavy (non-hydrogen) atoms. The van der Waals surface area contributed by atoms with Crippen molar-refractivity contribution in [3.8, 4) is 5.75 Å². The molecule has 2 rings (SSSR count). The van der Waals surface area contributed by atoms with Gasteiger partial charge in [0.2, 0.25) is 5.91 Å². The normalized spacial score (nSPS) is 20.7. The molecule has 1 saturated carbocycles. The second kappa shape index (κ2) is 7.11. The van der Waals surface area contributed by atoms with Crippen molar-refractivity contribution in [1.82, 2.24) is 16.0 Å². The van der Waals surface area contributed by atoms with E-state index in [0.717, 1.165) is 17.7 Å². The lowest BCUT2D eigenvalue weighted by Gasteiger charge is -2.23. The fourth-order valence-corrected chi connectivity index (χ4v) is 2.62. The summed E-state index contributed by atoms with van der Waals surface area (Å²) in [6.45, 7) is 7.38. The first-order valence-electron chi connectivity index (χ1n) is 8.23. The van der Waals surface area contributed by atoms with E-state index >= 15 is 0 Å². The first kappa shape index (κ1) is 18.1. The summed E-state index contributed by atoms with van der Waals surface area (Å²) in [5, 5.41) is 8.44. The number of methoxy groups -OCH3 is 1. The van der Waals surface area contributed by atoms with E-state index in [2.05, 4.69) is 16.0 Å². The molecule has 0 saturated heterocycles. The molecule has 0 aliphatic heterocycles. The summed E-state index contributed by atoms with van der Waals surface area (Å²) in [6.07, 6.45) is 0.871. The minimum atomic E-state index is -0.590. The van der Waals surface area contributed by atoms with Crippen LogP contribution in [0.25, 0.3) is 0 Å². The van der Waals surface area contributed by atoms with Crippen molar-refractivity contribution in [2.45, 2.75) is 57.7 Å². The van der Waals surface area contributed by atoms with Crippen molar-refractivity contribution < 1.29 is 14.3 Å². The molecular formula is C18H27N3O3. The molecule has 0 aromatic heterocycles. The number of carbonyl (C=O) groups is 2. The van der Waals surface area contributed by atoms with Crippen LogP contribution >= 0.6 is 0 Å². The molecule has 3 unspecified atom stereocenters. The summed E-state index contributed by atoms with van der Waals surface area (Å²) in [5.41, 5.74) is 0.776. The smallest absolute Gasteiger partial charge is 0.315 e. The van der Waals surface area contributed by atoms with Crippen molar-refractivity contribution >= 4 is 11.9 Å². The Balaban J connectivity index is 1.83. The summed E-state index contributed by atoms with van der Waals surface area (Å²) in [5.74, 6) is 0.894. The van der Waals surface area contributed by atoms with Gasteiger partial charge in [-0.05, 0) is 45.7 Å². The number of amides is 3. The maximum atomic E-state index is 12.1. The molecule has 6 heteroatoms. The first-order valence-corrected chi connectivity index (χ1v) is 8.23. The Morgan fingerprint density at radius 2 is 1.92 bits per heavy atom. The third kappa shape index (κ3) is 4.88. The largest absolute Gasteiger partial charge is 0.496 e. The highest BCUT2D eigenvalue weighted by Gasteiger charge is 2.41. The van der Waals surface area contributed by atoms with Crippen LogP contribution in [0.15, 0.2) is 24.3 Å². The number of hydrogen-bond donors (Lipinski definition) is 3. The highest BCUT2D eigenvalue weighted by atomic mass is 16.5. The number of nitrogens with one attached hydrogen (secondary N) is 3. The summed E-state index contributed by atoms with van der Waals surface area (Å²) in [7, 11) is 1.64. The Morgan fingerprint density at radius 3 is 2.54 bits per heavy atom. The predicted molar refractivity (Wildman–Crippen MR) is 93.2 cm³/mol. The number of benzene rings is 1. The lowest BCUT2D eigenvalue weighted by Crippen LogP contribution is -2.53. The number of para-hydroxylation sites is 1. The molecule has 1 aliphatic rings. The summed E-state index contributed by atoms with van der Waals surface area (Å²) >= 11 is 0. The number of carbonyl (C=O) groups excluding carboxylic acids is 2. The van der Waals surface area contributed by atoms with Gasteiger partial charge in [0.15, 0.2) is 0 Å². The number of hydrogen-bond acceptors (Lipinski definition) is 3. The molecule has 132 valence electrons. The van der Waals surface area contributed by atoms with Gasteiger partial charge in [0.25, 0.3) is 0 Å². The molecule has 3 atom stereocenters. The molecule has 1 aromatic carbocycles. The van der Waals surface area contributed by atoms with Crippen LogP contribution in [0.1, 0.15) is 45.6 Å². The molecule has 1 fully saturated rings. The van der Waals surface area contributed by atoms with E-state index in [9.17, 15) is 9.59 Å². The lowest BCUT2D eigenvalue weighted by atomic mass is 10.1. The van der Waals surface area contributed by atoms with Gasteiger partial charge in [-0.15, -0.1) is 0 Å². The Bertz CT molecular complexity index is 610. The third-order valence-electron chi connectivity index (χ3n) is 3.88. The zero-order valence-corrected chi connectivity index (χ0v) is 15.0. The number of rotatable bonds is 5. The molecule has 1 aliphatic carbocycles. The molecular weight excluding hydrogens is 306 g/mol. The van der Waals surface area contributed by atoms with Crippen molar-refractivity contribution in [3.05, 3.63) is 29.8 Å². The van der Waals surface area contributed by atoms with Gasteiger partial charge >= 0.3 is 6.03 Å². The molecule has 0 spiro atoms. The summed E-state index contributed by atoms with van der Waals surface area (Å²) in [4.78, 5) is 24.1. The van der Waals surface area contributed by atoms with E-state index in [1.54, 1.807) is 14.0 Å². The van der Waals surface area contributed by atoms with E-state index in [1.165, 1.54) is 0 Å². The Labute approximate surface area is 143 Å². The second-order valence-electron chi connectivity index (χ2n) is 7.27. The average molecular weight is 333 g/mol. The van der Waals surface area contributed by atoms with Gasteiger partial charge in [-0.2, -0.15) is 0 Å². The molecule has 0 heterocycles. The third-order valence-corrected chi connectivity index (χ3v) is 3.88. The van der Waals surface area contributed by atoms with E-state index in [0.29, 0.717) is 0 Å². The SMILES string of the molecule is COc1ccccc1C1CC1NC(=O)NC(C)C(=O)NC(C)(C)C. The molecule has 6 nitrogen and oxygen atoms in total. The van der Waals surface area contributed by atoms with Crippen molar-refractivity contribution in [2.24, 2.45) is 0 Å². The Kier molecular flexibility index (Phi) is 5.36. The topological polar surface area (TPSA) is 79.5 Å². The van der Waals surface area contributed by atoms with Crippen LogP contribution in [0.2, 0.25) is 0 Å². The predicted octanol–water partition coefficient (Wildman–Crippen LogP) is 2.15. The fraction of sp³-hybridized carbons (Fsp3) is 0.556. The van der Waals surface area contributed by atoms with Crippen molar-refractivity contribution in [3.63, 3.8) is 0 Å². The minimum absolute atomic E-state index is 0.0687. The molecule has 1 aromatic rings. The van der Waals surface area contributed by atoms with Gasteiger partial charge in [-0.1, -0.05) is 18.2 Å². The second-order valence-corrected chi connectivity index (χ2v) is 7.27. The highest BCUT2D eigenvalue weighted by Crippen LogP contribution is 2.44. The zero-order valence-electron chi connectivity index (χ0n) is 15.0. The lowest BCUT2D eigenvalue weighted by molar-refractivity contribution is -0.123. The van der Waals surface area contributed by atoms with Gasteiger partial charge in [0, 0.05) is 17.5 Å². The standard InChI is InChI=1S/C18H27N3O3/c1-11(16(22)21-18(2,3)4)19-17(23)20-14-10-13(14)12-8-6-7-9-15(12)24-5/h6-9,11,13-14H,10H2,1-5H3,(H,21,22)(H2,19,20,23). The van der Waals surface area contributed by atoms with Crippen LogP contribution in [0.4, 0.5) is 4.79 Å². The van der Waals surface area contributed by atoms with Crippen LogP contribution in [0, 0.1) is 0 Å². The quantitative estimate of drug-likeness (QED) is 0.772. The van der Waals surface area contributed by atoms with Crippen LogP contribution in [0.5, 0.6) is 5.75 Å². The van der Waals surface area contributed by atoms with Gasteiger partial charge in [0.1, 0.15) is 11.8 Å². The zero-order chi connectivity index (χ0) is 17.9. The summed E-state index contributed by atoms with van der Waals surface area (Å²) in [6, 6.07) is 6.98. The van der Waals surface area contributed by atoms with Gasteiger partial charge in [-0.3, -0.25) is 4.79 Å². The van der Waals surface area contributed by atoms with Gasteiger partial charge in [0.05, 0.1) is 7.11 Å². The molecule has 3 N–H and O–H groups in total. The van der Waals surface area contributed by atoms with E-state index in [1.807, 2.05) is 45.0 Å². The van der Waals surface area contributed by atoms with Gasteiger partial charge in [-0.25, -0.2) is 4.79 Å². The Morgan fingerprint density at radius 1 is 1.25 bits per heavy atom. The van der Waals surface area contributed by atoms with Crippen molar-refractivity contribution in [1.29, 1.82) is 0 Å². The van der Waals surface area contributed by atoms with Crippen molar-refractivity contribution in [2.75, 3.05) is 7.11 Å². The first-order chi connectivity index (χ1) is 11.2. The minimum Gasteiger partial charge on any atom is -0.496 e. The number of urea groups is 1. The molecule has 0 bridgehead atoms. The number of ether oxygens (including phenoxy) is 1. The van der Waals surface area contributed by atoms with Crippen LogP contribution < -0.4 is 20.7 Å². The van der Waals surface area contributed by atoms with E-state index in [4.69, 9.17) is 4.74 Å². The van der Waals surface area contributed by atoms with Crippen LogP contribution in [-0.2, 0) is 4.79 Å².